The number of amides is 1. The third-order valence-electron chi connectivity index (χ3n) is 2.66. The first-order valence-electron chi connectivity index (χ1n) is 6.84. The molecule has 1 rings (SSSR count). The zero-order valence-electron chi connectivity index (χ0n) is 14.3. The monoisotopic (exact) mass is 400 g/mol. The van der Waals surface area contributed by atoms with Gasteiger partial charge < -0.3 is 15.2 Å². The molecule has 0 saturated carbocycles. The second kappa shape index (κ2) is 8.96. The van der Waals surface area contributed by atoms with E-state index in [9.17, 15) is 36.3 Å². The summed E-state index contributed by atoms with van der Waals surface area (Å²) in [7, 11) is -2.11. The van der Waals surface area contributed by atoms with Crippen LogP contribution in [0.2, 0.25) is 0 Å². The highest BCUT2D eigenvalue weighted by Crippen LogP contribution is 2.38. The number of carbonyl (C=O) groups excluding carboxylic acids is 2. The molecule has 4 N–H and O–H groups in total. The van der Waals surface area contributed by atoms with Crippen molar-refractivity contribution in [2.75, 3.05) is 18.7 Å². The van der Waals surface area contributed by atoms with E-state index in [4.69, 9.17) is 0 Å². The summed E-state index contributed by atoms with van der Waals surface area (Å²) in [6.07, 6.45) is -5.25. The summed E-state index contributed by atoms with van der Waals surface area (Å²) in [6.45, 7) is 2.24. The van der Waals surface area contributed by atoms with Crippen LogP contribution in [-0.2, 0) is 25.7 Å². The minimum atomic E-state index is -4.74. The van der Waals surface area contributed by atoms with Gasteiger partial charge >= 0.3 is 12.1 Å². The second-order valence-electron chi connectivity index (χ2n) is 5.16. The number of carbonyl (C=O) groups is 2. The zero-order valence-corrected chi connectivity index (χ0v) is 15.2. The number of rotatable bonds is 3. The van der Waals surface area contributed by atoms with Gasteiger partial charge in [0.15, 0.2) is 0 Å². The summed E-state index contributed by atoms with van der Waals surface area (Å²) in [6, 6.07) is 1.47. The molecule has 1 unspecified atom stereocenters. The molecule has 8 nitrogen and oxygen atoms in total. The van der Waals surface area contributed by atoms with Gasteiger partial charge in [-0.15, -0.1) is 0 Å². The molecule has 0 heterocycles. The Balaban J connectivity index is 0.00000110. The lowest BCUT2D eigenvalue weighted by Crippen LogP contribution is -2.17. The van der Waals surface area contributed by atoms with Gasteiger partial charge in [0.05, 0.1) is 36.3 Å². The summed E-state index contributed by atoms with van der Waals surface area (Å²) < 4.78 is 62.3. The van der Waals surface area contributed by atoms with Crippen molar-refractivity contribution < 1.29 is 41.0 Å². The predicted octanol–water partition coefficient (Wildman–Crippen LogP) is 1.41. The molecule has 148 valence electrons. The molecule has 0 radical (unpaired) electrons. The number of halogens is 3. The number of anilines is 1. The van der Waals surface area contributed by atoms with Gasteiger partial charge in [0.25, 0.3) is 0 Å². The number of methoxy groups -OCH3 is 1. The van der Waals surface area contributed by atoms with Crippen LogP contribution in [0.25, 0.3) is 0 Å². The number of ether oxygens (including phenoxy) is 1. The molecule has 1 aromatic rings. The smallest absolute Gasteiger partial charge is 0.416 e. The molecule has 0 aromatic heterocycles. The SMILES string of the molecule is COC(=O)c1cc(C(C)O)c(C(F)(F)F)cc1NC(C)=O.CS(N)(=O)=O. The number of hydrogen-bond donors (Lipinski definition) is 3. The maximum atomic E-state index is 13.0. The topological polar surface area (TPSA) is 136 Å². The first-order chi connectivity index (χ1) is 11.6. The number of nitrogens with two attached hydrogens (primary N) is 1. The molecule has 1 aromatic carbocycles. The van der Waals surface area contributed by atoms with E-state index >= 15 is 0 Å². The van der Waals surface area contributed by atoms with E-state index in [0.29, 0.717) is 6.07 Å². The number of alkyl halides is 3. The van der Waals surface area contributed by atoms with Gasteiger partial charge in [0.2, 0.25) is 15.9 Å². The lowest BCUT2D eigenvalue weighted by molar-refractivity contribution is -0.139. The molecule has 0 aliphatic heterocycles. The highest BCUT2D eigenvalue weighted by atomic mass is 32.2. The minimum Gasteiger partial charge on any atom is -0.465 e. The van der Waals surface area contributed by atoms with Gasteiger partial charge in [0, 0.05) is 6.92 Å². The first-order valence-corrected chi connectivity index (χ1v) is 8.80. The Kier molecular flexibility index (Phi) is 8.21. The highest BCUT2D eigenvalue weighted by Gasteiger charge is 2.36. The Morgan fingerprint density at radius 2 is 1.77 bits per heavy atom. The Morgan fingerprint density at radius 1 is 1.31 bits per heavy atom. The van der Waals surface area contributed by atoms with E-state index in [1.54, 1.807) is 0 Å². The lowest BCUT2D eigenvalue weighted by Gasteiger charge is -2.19. The Labute approximate surface area is 148 Å². The van der Waals surface area contributed by atoms with Crippen LogP contribution in [0.1, 0.15) is 41.4 Å². The normalized spacial score (nSPS) is 12.5. The number of esters is 1. The number of aliphatic hydroxyl groups is 1. The number of aliphatic hydroxyl groups excluding tert-OH is 1. The maximum Gasteiger partial charge on any atom is 0.416 e. The third kappa shape index (κ3) is 8.27. The molecule has 1 amide bonds. The minimum absolute atomic E-state index is 0.267. The van der Waals surface area contributed by atoms with Crippen LogP contribution in [0.5, 0.6) is 0 Å². The van der Waals surface area contributed by atoms with Crippen molar-refractivity contribution in [3.8, 4) is 0 Å². The van der Waals surface area contributed by atoms with Crippen LogP contribution in [0.4, 0.5) is 18.9 Å². The fourth-order valence-corrected chi connectivity index (χ4v) is 1.78. The van der Waals surface area contributed by atoms with Crippen LogP contribution < -0.4 is 10.5 Å². The molecule has 12 heteroatoms. The Bertz CT molecular complexity index is 768. The molecule has 0 spiro atoms. The molecular formula is C14H19F3N2O6S. The Hall–Kier alpha value is -2.18. The van der Waals surface area contributed by atoms with Crippen molar-refractivity contribution in [1.29, 1.82) is 0 Å². The molecular weight excluding hydrogens is 381 g/mol. The van der Waals surface area contributed by atoms with E-state index in [2.05, 4.69) is 15.2 Å². The largest absolute Gasteiger partial charge is 0.465 e. The van der Waals surface area contributed by atoms with Crippen LogP contribution in [0, 0.1) is 0 Å². The van der Waals surface area contributed by atoms with Crippen LogP contribution in [0.3, 0.4) is 0 Å². The van der Waals surface area contributed by atoms with E-state index in [0.717, 1.165) is 33.3 Å². The van der Waals surface area contributed by atoms with Crippen molar-refractivity contribution in [2.45, 2.75) is 26.1 Å². The van der Waals surface area contributed by atoms with Crippen molar-refractivity contribution in [1.82, 2.24) is 0 Å². The molecule has 0 aliphatic rings. The summed E-state index contributed by atoms with van der Waals surface area (Å²) in [5.74, 6) is -1.56. The number of hydrogen-bond acceptors (Lipinski definition) is 6. The number of benzene rings is 1. The van der Waals surface area contributed by atoms with E-state index in [1.165, 1.54) is 0 Å². The molecule has 0 saturated heterocycles. The second-order valence-corrected chi connectivity index (χ2v) is 6.82. The fraction of sp³-hybridized carbons (Fsp3) is 0.429. The molecule has 1 atom stereocenters. The summed E-state index contributed by atoms with van der Waals surface area (Å²) in [4.78, 5) is 22.7. The van der Waals surface area contributed by atoms with E-state index in [1.807, 2.05) is 0 Å². The van der Waals surface area contributed by atoms with Gasteiger partial charge in [-0.25, -0.2) is 18.4 Å². The number of sulfonamides is 1. The first kappa shape index (κ1) is 23.8. The zero-order chi connectivity index (χ0) is 20.9. The van der Waals surface area contributed by atoms with E-state index in [-0.39, 0.29) is 11.3 Å². The summed E-state index contributed by atoms with van der Waals surface area (Å²) in [5, 5.41) is 16.0. The highest BCUT2D eigenvalue weighted by molar-refractivity contribution is 7.88. The van der Waals surface area contributed by atoms with Crippen molar-refractivity contribution in [3.05, 3.63) is 28.8 Å². The fourth-order valence-electron chi connectivity index (χ4n) is 1.78. The van der Waals surface area contributed by atoms with Crippen molar-refractivity contribution >= 4 is 27.6 Å². The number of primary sulfonamides is 1. The van der Waals surface area contributed by atoms with Crippen molar-refractivity contribution in [3.63, 3.8) is 0 Å². The molecule has 0 fully saturated rings. The Morgan fingerprint density at radius 3 is 2.08 bits per heavy atom. The van der Waals surface area contributed by atoms with Crippen LogP contribution >= 0.6 is 0 Å². The molecule has 0 bridgehead atoms. The summed E-state index contributed by atoms with van der Waals surface area (Å²) in [5.41, 5.74) is -2.20. The van der Waals surface area contributed by atoms with E-state index < -0.39 is 45.3 Å². The lowest BCUT2D eigenvalue weighted by atomic mass is 9.97. The molecule has 26 heavy (non-hydrogen) atoms. The summed E-state index contributed by atoms with van der Waals surface area (Å²) >= 11 is 0. The average molecular weight is 400 g/mol. The molecule has 0 aliphatic carbocycles. The standard InChI is InChI=1S/C13H14F3NO4.CH5NO2S/c1-6(18)8-4-9(12(20)21-3)11(17-7(2)19)5-10(8)13(14,15)16;1-5(2,3)4/h4-6,18H,1-3H3,(H,17,19);1H3,(H2,2,3,4). The van der Waals surface area contributed by atoms with Gasteiger partial charge in [0.1, 0.15) is 0 Å². The number of nitrogens with one attached hydrogen (secondary N) is 1. The van der Waals surface area contributed by atoms with Crippen LogP contribution in [0.15, 0.2) is 12.1 Å². The maximum absolute atomic E-state index is 13.0. The van der Waals surface area contributed by atoms with Gasteiger partial charge in [-0.05, 0) is 24.6 Å². The quantitative estimate of drug-likeness (QED) is 0.657. The third-order valence-corrected chi connectivity index (χ3v) is 2.66. The predicted molar refractivity (Wildman–Crippen MR) is 86.8 cm³/mol. The van der Waals surface area contributed by atoms with Crippen LogP contribution in [-0.4, -0.2) is 38.8 Å². The van der Waals surface area contributed by atoms with Gasteiger partial charge in [-0.3, -0.25) is 4.79 Å². The van der Waals surface area contributed by atoms with Gasteiger partial charge in [-0.2, -0.15) is 13.2 Å². The average Bonchev–Trinajstić information content (AvgIpc) is 2.42. The van der Waals surface area contributed by atoms with Crippen molar-refractivity contribution in [2.24, 2.45) is 5.14 Å². The van der Waals surface area contributed by atoms with Gasteiger partial charge in [-0.1, -0.05) is 0 Å².